The molecule has 0 aromatic heterocycles. The molecule has 1 aliphatic rings. The van der Waals surface area contributed by atoms with Gasteiger partial charge in [0.2, 0.25) is 0 Å². The first-order valence-corrected chi connectivity index (χ1v) is 19.3. The van der Waals surface area contributed by atoms with E-state index in [0.29, 0.717) is 0 Å². The van der Waals surface area contributed by atoms with Crippen molar-refractivity contribution in [2.45, 2.75) is 105 Å². The molecule has 1 heterocycles. The van der Waals surface area contributed by atoms with Crippen LogP contribution in [-0.2, 0) is 8.23 Å². The van der Waals surface area contributed by atoms with Crippen LogP contribution in [0.15, 0.2) is 70.6 Å². The highest BCUT2D eigenvalue weighted by Gasteiger charge is 2.74. The van der Waals surface area contributed by atoms with Gasteiger partial charge < -0.3 is 17.4 Å². The van der Waals surface area contributed by atoms with E-state index in [9.17, 15) is 0 Å². The number of nitrogens with zero attached hydrogens (tertiary/aromatic N) is 4. The summed E-state index contributed by atoms with van der Waals surface area (Å²) in [7, 11) is -7.16. The number of hydrogen-bond acceptors (Lipinski definition) is 4. The molecule has 1 fully saturated rings. The van der Waals surface area contributed by atoms with E-state index in [1.54, 1.807) is 0 Å². The van der Waals surface area contributed by atoms with Gasteiger partial charge in [-0.05, 0) is 83.1 Å². The van der Waals surface area contributed by atoms with Crippen LogP contribution in [0.3, 0.4) is 0 Å². The minimum atomic E-state index is -3.58. The molecule has 2 aromatic rings. The number of benzene rings is 2. The topological polar surface area (TPSA) is 49.7 Å². The van der Waals surface area contributed by atoms with E-state index in [-0.39, 0.29) is 11.1 Å². The second-order valence-corrected chi connectivity index (χ2v) is 21.6. The van der Waals surface area contributed by atoms with Crippen LogP contribution >= 0.6 is 22.2 Å². The molecule has 6 nitrogen and oxygen atoms in total. The fourth-order valence-corrected chi connectivity index (χ4v) is 17.4. The van der Waals surface area contributed by atoms with E-state index in [2.05, 4.69) is 83.1 Å². The van der Waals surface area contributed by atoms with Crippen LogP contribution in [0.25, 0.3) is 0 Å². The Labute approximate surface area is 253 Å². The zero-order chi connectivity index (χ0) is 30.4. The Hall–Kier alpha value is -1.69. The molecule has 0 N–H and O–H groups in total. The van der Waals surface area contributed by atoms with Gasteiger partial charge in [-0.1, -0.05) is 82.8 Å². The van der Waals surface area contributed by atoms with E-state index < -0.39 is 27.1 Å². The monoisotopic (exact) mass is 620 g/mol. The Morgan fingerprint density at radius 3 is 1.05 bits per heavy atom. The first-order valence-electron chi connectivity index (χ1n) is 13.8. The third kappa shape index (κ3) is 7.78. The summed E-state index contributed by atoms with van der Waals surface area (Å²) in [5, 5.41) is 0. The van der Waals surface area contributed by atoms with Gasteiger partial charge in [0.25, 0.3) is 0 Å². The van der Waals surface area contributed by atoms with E-state index in [4.69, 9.17) is 40.4 Å². The lowest BCUT2D eigenvalue weighted by Crippen LogP contribution is -2.83. The SMILES string of the molecule is CC(C)(C)N=C(c1ccccc1)N(C(C)(C)C)[Si]1(Cl)O[Si](Cl)(N(C(=NC(C)(C)C)c2ccccc2)C(C)(C)C)O1. The van der Waals surface area contributed by atoms with Crippen molar-refractivity contribution in [3.63, 3.8) is 0 Å². The zero-order valence-electron chi connectivity index (χ0n) is 26.1. The fourth-order valence-electron chi connectivity index (χ4n) is 4.49. The number of amidine groups is 2. The maximum Gasteiger partial charge on any atom is 0.557 e. The molecule has 0 bridgehead atoms. The molecule has 40 heavy (non-hydrogen) atoms. The lowest BCUT2D eigenvalue weighted by Gasteiger charge is -2.59. The molecule has 2 aromatic carbocycles. The Kier molecular flexibility index (Phi) is 9.18. The largest absolute Gasteiger partial charge is 0.557 e. The molecule has 0 spiro atoms. The van der Waals surface area contributed by atoms with E-state index in [1.165, 1.54) is 0 Å². The van der Waals surface area contributed by atoms with Crippen LogP contribution < -0.4 is 0 Å². The predicted molar refractivity (Wildman–Crippen MR) is 174 cm³/mol. The summed E-state index contributed by atoms with van der Waals surface area (Å²) >= 11 is 14.8. The van der Waals surface area contributed by atoms with Crippen LogP contribution in [0.4, 0.5) is 0 Å². The van der Waals surface area contributed by atoms with Crippen molar-refractivity contribution in [2.75, 3.05) is 0 Å². The molecule has 1 saturated heterocycles. The maximum atomic E-state index is 7.42. The summed E-state index contributed by atoms with van der Waals surface area (Å²) in [6.07, 6.45) is 0. The molecule has 0 unspecified atom stereocenters. The smallest absolute Gasteiger partial charge is 0.358 e. The quantitative estimate of drug-likeness (QED) is 0.150. The number of halogens is 2. The van der Waals surface area contributed by atoms with Gasteiger partial charge in [0.05, 0.1) is 11.1 Å². The lowest BCUT2D eigenvalue weighted by atomic mass is 10.1. The van der Waals surface area contributed by atoms with Crippen molar-refractivity contribution in [1.82, 2.24) is 9.13 Å². The van der Waals surface area contributed by atoms with Crippen LogP contribution in [0, 0.1) is 0 Å². The first-order chi connectivity index (χ1) is 18.1. The third-order valence-corrected chi connectivity index (χ3v) is 16.4. The molecular weight excluding hydrogens is 575 g/mol. The van der Waals surface area contributed by atoms with Gasteiger partial charge in [-0.3, -0.25) is 9.98 Å². The van der Waals surface area contributed by atoms with Gasteiger partial charge in [-0.15, -0.1) is 0 Å². The summed E-state index contributed by atoms with van der Waals surface area (Å²) in [5.41, 5.74) is 0.184. The summed E-state index contributed by atoms with van der Waals surface area (Å²) < 4.78 is 17.7. The van der Waals surface area contributed by atoms with Gasteiger partial charge in [0.15, 0.2) is 0 Å². The molecule has 10 heteroatoms. The fraction of sp³-hybridized carbons (Fsp3) is 0.533. The van der Waals surface area contributed by atoms with Crippen molar-refractivity contribution < 1.29 is 8.23 Å². The number of aliphatic imine (C=N–C) groups is 2. The van der Waals surface area contributed by atoms with Gasteiger partial charge in [-0.2, -0.15) is 0 Å². The average molecular weight is 622 g/mol. The van der Waals surface area contributed by atoms with Crippen molar-refractivity contribution in [3.05, 3.63) is 71.8 Å². The lowest BCUT2D eigenvalue weighted by molar-refractivity contribution is 0.119. The van der Waals surface area contributed by atoms with Crippen molar-refractivity contribution >= 4 is 49.9 Å². The minimum absolute atomic E-state index is 0.368. The highest BCUT2D eigenvalue weighted by atomic mass is 35.6. The molecule has 0 atom stereocenters. The molecular formula is C30H46Cl2N4O2Si2. The second kappa shape index (κ2) is 11.2. The molecule has 0 aliphatic carbocycles. The van der Waals surface area contributed by atoms with Crippen molar-refractivity contribution in [2.24, 2.45) is 9.98 Å². The predicted octanol–water partition coefficient (Wildman–Crippen LogP) is 8.07. The van der Waals surface area contributed by atoms with Gasteiger partial charge >= 0.3 is 16.1 Å². The normalized spacial score (nSPS) is 23.1. The average Bonchev–Trinajstić information content (AvgIpc) is 2.74. The minimum Gasteiger partial charge on any atom is -0.358 e. The van der Waals surface area contributed by atoms with Crippen molar-refractivity contribution in [3.8, 4) is 0 Å². The van der Waals surface area contributed by atoms with Crippen LogP contribution in [-0.4, -0.2) is 59.0 Å². The Morgan fingerprint density at radius 2 is 0.825 bits per heavy atom. The zero-order valence-corrected chi connectivity index (χ0v) is 29.6. The van der Waals surface area contributed by atoms with Gasteiger partial charge in [0.1, 0.15) is 11.7 Å². The highest BCUT2D eigenvalue weighted by molar-refractivity contribution is 7.31. The first kappa shape index (κ1) is 32.8. The molecule has 0 radical (unpaired) electrons. The van der Waals surface area contributed by atoms with Gasteiger partial charge in [-0.25, -0.2) is 0 Å². The maximum absolute atomic E-state index is 7.42. The highest BCUT2D eigenvalue weighted by Crippen LogP contribution is 2.47. The second-order valence-electron chi connectivity index (χ2n) is 14.2. The summed E-state index contributed by atoms with van der Waals surface area (Å²) in [6.45, 7) is 24.9. The van der Waals surface area contributed by atoms with Crippen molar-refractivity contribution in [1.29, 1.82) is 0 Å². The molecule has 1 aliphatic heterocycles. The standard InChI is InChI=1S/C30H46Cl2N4O2Si2/c1-27(2,3)33-25(23-19-15-13-16-20-23)35(29(7,8)9)39(31)37-40(32,38-39)36(30(10,11)12)26(34-28(4,5)6)24-21-17-14-18-22-24/h13-22H,1-12H3. The molecule has 0 amide bonds. The number of rotatable bonds is 4. The summed E-state index contributed by atoms with van der Waals surface area (Å²) in [4.78, 5) is 10.3. The summed E-state index contributed by atoms with van der Waals surface area (Å²) in [5.74, 6) is 1.45. The summed E-state index contributed by atoms with van der Waals surface area (Å²) in [6, 6.07) is 20.1. The molecule has 220 valence electrons. The Morgan fingerprint density at radius 1 is 0.550 bits per heavy atom. The third-order valence-electron chi connectivity index (χ3n) is 5.75. The van der Waals surface area contributed by atoms with Crippen LogP contribution in [0.1, 0.15) is 94.2 Å². The van der Waals surface area contributed by atoms with Crippen LogP contribution in [0.2, 0.25) is 0 Å². The van der Waals surface area contributed by atoms with E-state index >= 15 is 0 Å². The molecule has 3 rings (SSSR count). The van der Waals surface area contributed by atoms with Gasteiger partial charge in [0, 0.05) is 22.2 Å². The Bertz CT molecular complexity index is 1130. The number of hydrogen-bond donors (Lipinski definition) is 0. The van der Waals surface area contributed by atoms with E-state index in [0.717, 1.165) is 22.8 Å². The van der Waals surface area contributed by atoms with E-state index in [1.807, 2.05) is 69.8 Å². The Balaban J connectivity index is 2.16. The van der Waals surface area contributed by atoms with Crippen LogP contribution in [0.5, 0.6) is 0 Å². The molecule has 0 saturated carbocycles.